The molecule has 2 rings (SSSR count). The Morgan fingerprint density at radius 2 is 2.21 bits per heavy atom. The van der Waals surface area contributed by atoms with Gasteiger partial charge in [0.1, 0.15) is 0 Å². The molecule has 0 heterocycles. The van der Waals surface area contributed by atoms with E-state index in [-0.39, 0.29) is 0 Å². The van der Waals surface area contributed by atoms with Crippen LogP contribution < -0.4 is 0 Å². The summed E-state index contributed by atoms with van der Waals surface area (Å²) in [6, 6.07) is 0. The number of allylic oxidation sites excluding steroid dienone is 4. The number of rotatable bonds is 4. The largest absolute Gasteiger partial charge is 0.0802 e. The van der Waals surface area contributed by atoms with Gasteiger partial charge in [-0.15, -0.1) is 0 Å². The van der Waals surface area contributed by atoms with E-state index in [4.69, 9.17) is 0 Å². The highest BCUT2D eigenvalue weighted by Crippen LogP contribution is 2.52. The van der Waals surface area contributed by atoms with Gasteiger partial charge in [0.15, 0.2) is 0 Å². The third-order valence-electron chi connectivity index (χ3n) is 4.19. The fourth-order valence-electron chi connectivity index (χ4n) is 3.18. The van der Waals surface area contributed by atoms with E-state index in [0.717, 1.165) is 0 Å². The molecule has 0 N–H and O–H groups in total. The fourth-order valence-corrected chi connectivity index (χ4v) is 3.18. The molecule has 0 aromatic rings. The first-order valence-corrected chi connectivity index (χ1v) is 6.21. The first kappa shape index (κ1) is 10.0. The van der Waals surface area contributed by atoms with Crippen LogP contribution in [0.3, 0.4) is 0 Å². The number of unbranched alkanes of at least 4 members (excludes halogenated alkanes) is 1. The first-order valence-electron chi connectivity index (χ1n) is 6.21. The summed E-state index contributed by atoms with van der Waals surface area (Å²) in [5, 5.41) is 0. The minimum Gasteiger partial charge on any atom is -0.0802 e. The molecule has 0 radical (unpaired) electrons. The molecule has 2 aliphatic carbocycles. The van der Waals surface area contributed by atoms with Crippen LogP contribution in [0.4, 0.5) is 0 Å². The van der Waals surface area contributed by atoms with Gasteiger partial charge in [-0.25, -0.2) is 0 Å². The smallest absolute Gasteiger partial charge is 0.00470 e. The minimum absolute atomic E-state index is 0.582. The highest BCUT2D eigenvalue weighted by atomic mass is 14.4. The van der Waals surface area contributed by atoms with Crippen molar-refractivity contribution in [1.82, 2.24) is 0 Å². The highest BCUT2D eigenvalue weighted by molar-refractivity contribution is 5.42. The van der Waals surface area contributed by atoms with E-state index >= 15 is 0 Å². The van der Waals surface area contributed by atoms with Gasteiger partial charge in [-0.3, -0.25) is 0 Å². The van der Waals surface area contributed by atoms with Gasteiger partial charge in [-0.1, -0.05) is 44.4 Å². The zero-order valence-corrected chi connectivity index (χ0v) is 9.60. The van der Waals surface area contributed by atoms with E-state index in [0.29, 0.717) is 5.41 Å². The van der Waals surface area contributed by atoms with E-state index in [9.17, 15) is 0 Å². The number of hydrogen-bond donors (Lipinski definition) is 0. The molecule has 2 aliphatic rings. The lowest BCUT2D eigenvalue weighted by Gasteiger charge is -2.30. The van der Waals surface area contributed by atoms with Gasteiger partial charge in [0, 0.05) is 0 Å². The Morgan fingerprint density at radius 1 is 1.36 bits per heavy atom. The zero-order valence-electron chi connectivity index (χ0n) is 9.60. The zero-order chi connectivity index (χ0) is 10.0. The van der Waals surface area contributed by atoms with Crippen LogP contribution in [0.2, 0.25) is 0 Å². The van der Waals surface area contributed by atoms with Gasteiger partial charge in [-0.2, -0.15) is 0 Å². The Morgan fingerprint density at radius 3 is 2.93 bits per heavy atom. The average Bonchev–Trinajstić information content (AvgIpc) is 2.77. The molecule has 0 aliphatic heterocycles. The lowest BCUT2D eigenvalue weighted by Crippen LogP contribution is -2.18. The lowest BCUT2D eigenvalue weighted by atomic mass is 9.74. The van der Waals surface area contributed by atoms with Crippen LogP contribution >= 0.6 is 0 Å². The molecule has 78 valence electrons. The SMILES string of the molecule is CCCCC1(CC)CCC2=C1C=CC2. The van der Waals surface area contributed by atoms with Crippen LogP contribution in [0.5, 0.6) is 0 Å². The lowest BCUT2D eigenvalue weighted by molar-refractivity contribution is 0.307. The fraction of sp³-hybridized carbons (Fsp3) is 0.714. The summed E-state index contributed by atoms with van der Waals surface area (Å²) < 4.78 is 0. The summed E-state index contributed by atoms with van der Waals surface area (Å²) >= 11 is 0. The predicted octanol–water partition coefficient (Wildman–Crippen LogP) is 4.62. The van der Waals surface area contributed by atoms with Crippen molar-refractivity contribution in [3.8, 4) is 0 Å². The molecule has 0 saturated heterocycles. The molecule has 1 atom stereocenters. The Balaban J connectivity index is 2.16. The molecular weight excluding hydrogens is 168 g/mol. The van der Waals surface area contributed by atoms with Gasteiger partial charge in [0.2, 0.25) is 0 Å². The first-order chi connectivity index (χ1) is 6.82. The standard InChI is InChI=1S/C14H22/c1-3-5-10-14(4-2)11-9-12-7-6-8-13(12)14/h6,8H,3-5,7,9-11H2,1-2H3. The van der Waals surface area contributed by atoms with Crippen molar-refractivity contribution in [2.45, 2.75) is 58.8 Å². The van der Waals surface area contributed by atoms with Gasteiger partial charge in [0.05, 0.1) is 0 Å². The number of hydrogen-bond acceptors (Lipinski definition) is 0. The van der Waals surface area contributed by atoms with Crippen LogP contribution in [0.1, 0.15) is 58.8 Å². The normalized spacial score (nSPS) is 30.1. The molecule has 0 aromatic carbocycles. The van der Waals surface area contributed by atoms with Crippen molar-refractivity contribution in [1.29, 1.82) is 0 Å². The second-order valence-electron chi connectivity index (χ2n) is 4.86. The molecule has 0 fully saturated rings. The van der Waals surface area contributed by atoms with E-state index in [1.165, 1.54) is 44.9 Å². The maximum absolute atomic E-state index is 2.42. The van der Waals surface area contributed by atoms with Crippen molar-refractivity contribution < 1.29 is 0 Å². The molecule has 0 aromatic heterocycles. The van der Waals surface area contributed by atoms with Crippen LogP contribution in [0, 0.1) is 5.41 Å². The molecule has 0 heteroatoms. The summed E-state index contributed by atoms with van der Waals surface area (Å²) in [4.78, 5) is 0. The van der Waals surface area contributed by atoms with Crippen molar-refractivity contribution in [2.75, 3.05) is 0 Å². The molecule has 0 bridgehead atoms. The molecule has 0 nitrogen and oxygen atoms in total. The van der Waals surface area contributed by atoms with Crippen molar-refractivity contribution in [2.24, 2.45) is 5.41 Å². The van der Waals surface area contributed by atoms with Crippen LogP contribution in [-0.2, 0) is 0 Å². The molecule has 0 amide bonds. The highest BCUT2D eigenvalue weighted by Gasteiger charge is 2.38. The average molecular weight is 190 g/mol. The van der Waals surface area contributed by atoms with Gasteiger partial charge in [-0.05, 0) is 43.1 Å². The van der Waals surface area contributed by atoms with E-state index in [1.807, 2.05) is 0 Å². The maximum Gasteiger partial charge on any atom is -0.00470 e. The van der Waals surface area contributed by atoms with Gasteiger partial charge < -0.3 is 0 Å². The summed E-state index contributed by atoms with van der Waals surface area (Å²) in [5.41, 5.74) is 4.06. The summed E-state index contributed by atoms with van der Waals surface area (Å²) in [6.07, 6.45) is 14.3. The topological polar surface area (TPSA) is 0 Å². The van der Waals surface area contributed by atoms with Gasteiger partial charge in [0.25, 0.3) is 0 Å². The van der Waals surface area contributed by atoms with Crippen LogP contribution in [-0.4, -0.2) is 0 Å². The molecule has 14 heavy (non-hydrogen) atoms. The van der Waals surface area contributed by atoms with E-state index in [2.05, 4.69) is 26.0 Å². The third kappa shape index (κ3) is 1.45. The molecule has 0 spiro atoms. The van der Waals surface area contributed by atoms with Crippen molar-refractivity contribution in [3.05, 3.63) is 23.3 Å². The minimum atomic E-state index is 0.582. The van der Waals surface area contributed by atoms with Gasteiger partial charge >= 0.3 is 0 Å². The Labute approximate surface area is 88.1 Å². The van der Waals surface area contributed by atoms with E-state index < -0.39 is 0 Å². The Bertz CT molecular complexity index is 270. The molecule has 1 unspecified atom stereocenters. The molecule has 0 saturated carbocycles. The Kier molecular flexibility index (Phi) is 2.80. The second-order valence-corrected chi connectivity index (χ2v) is 4.86. The monoisotopic (exact) mass is 190 g/mol. The maximum atomic E-state index is 2.42. The van der Waals surface area contributed by atoms with Crippen LogP contribution in [0.15, 0.2) is 23.3 Å². The second kappa shape index (κ2) is 3.92. The van der Waals surface area contributed by atoms with Crippen molar-refractivity contribution in [3.63, 3.8) is 0 Å². The third-order valence-corrected chi connectivity index (χ3v) is 4.19. The quantitative estimate of drug-likeness (QED) is 0.606. The Hall–Kier alpha value is -0.520. The summed E-state index contributed by atoms with van der Waals surface area (Å²) in [6.45, 7) is 4.68. The molecular formula is C14H22. The van der Waals surface area contributed by atoms with Crippen LogP contribution in [0.25, 0.3) is 0 Å². The summed E-state index contributed by atoms with van der Waals surface area (Å²) in [5.74, 6) is 0. The summed E-state index contributed by atoms with van der Waals surface area (Å²) in [7, 11) is 0. The van der Waals surface area contributed by atoms with Crippen molar-refractivity contribution >= 4 is 0 Å². The predicted molar refractivity (Wildman–Crippen MR) is 62.3 cm³/mol. The van der Waals surface area contributed by atoms with E-state index in [1.54, 1.807) is 11.1 Å².